The van der Waals surface area contributed by atoms with Crippen LogP contribution in [-0.2, 0) is 0 Å². The zero-order valence-electron chi connectivity index (χ0n) is 20.4. The minimum Gasteiger partial charge on any atom is -1.00 e. The second kappa shape index (κ2) is 23.5. The average molecular weight is 418 g/mol. The summed E-state index contributed by atoms with van der Waals surface area (Å²) in [6.07, 6.45) is 27.3. The van der Waals surface area contributed by atoms with Gasteiger partial charge in [-0.15, -0.1) is 0 Å². The van der Waals surface area contributed by atoms with Crippen molar-refractivity contribution in [1.82, 2.24) is 0 Å². The summed E-state index contributed by atoms with van der Waals surface area (Å²) in [5.74, 6) is 0. The molecular formula is C26H56ClN. The van der Waals surface area contributed by atoms with E-state index in [2.05, 4.69) is 27.8 Å². The number of rotatable bonds is 22. The highest BCUT2D eigenvalue weighted by Gasteiger charge is 2.20. The van der Waals surface area contributed by atoms with Gasteiger partial charge in [-0.3, -0.25) is 0 Å². The topological polar surface area (TPSA) is 0 Å². The van der Waals surface area contributed by atoms with Crippen LogP contribution in [0.1, 0.15) is 143 Å². The first-order valence-corrected chi connectivity index (χ1v) is 13.0. The highest BCUT2D eigenvalue weighted by Crippen LogP contribution is 2.16. The number of unbranched alkanes of at least 4 members (excludes halogenated alkanes) is 16. The third kappa shape index (κ3) is 21.0. The van der Waals surface area contributed by atoms with Crippen LogP contribution in [0.5, 0.6) is 0 Å². The van der Waals surface area contributed by atoms with E-state index in [-0.39, 0.29) is 12.4 Å². The molecule has 0 saturated heterocycles. The summed E-state index contributed by atoms with van der Waals surface area (Å²) >= 11 is 0. The lowest BCUT2D eigenvalue weighted by Crippen LogP contribution is -3.00. The van der Waals surface area contributed by atoms with Gasteiger partial charge in [-0.05, 0) is 38.5 Å². The van der Waals surface area contributed by atoms with Crippen LogP contribution in [0.15, 0.2) is 0 Å². The monoisotopic (exact) mass is 417 g/mol. The molecule has 0 aliphatic carbocycles. The fourth-order valence-electron chi connectivity index (χ4n) is 4.33. The first kappa shape index (κ1) is 30.4. The number of hydrogen-bond donors (Lipinski definition) is 0. The zero-order valence-corrected chi connectivity index (χ0v) is 21.1. The molecule has 0 atom stereocenters. The fraction of sp³-hybridized carbons (Fsp3) is 1.00. The van der Waals surface area contributed by atoms with Gasteiger partial charge in [0.15, 0.2) is 0 Å². The Labute approximate surface area is 186 Å². The second-order valence-corrected chi connectivity index (χ2v) is 9.45. The summed E-state index contributed by atoms with van der Waals surface area (Å²) in [4.78, 5) is 0. The number of hydrogen-bond acceptors (Lipinski definition) is 0. The van der Waals surface area contributed by atoms with Crippen molar-refractivity contribution in [3.63, 3.8) is 0 Å². The molecule has 0 amide bonds. The molecule has 0 rings (SSSR count). The van der Waals surface area contributed by atoms with E-state index in [4.69, 9.17) is 0 Å². The quantitative estimate of drug-likeness (QED) is 0.152. The normalized spacial score (nSPS) is 11.6. The van der Waals surface area contributed by atoms with Crippen molar-refractivity contribution < 1.29 is 16.9 Å². The molecule has 1 nitrogen and oxygen atoms in total. The third-order valence-electron chi connectivity index (χ3n) is 6.40. The summed E-state index contributed by atoms with van der Waals surface area (Å²) in [6, 6.07) is 0. The average Bonchev–Trinajstić information content (AvgIpc) is 2.67. The Morgan fingerprint density at radius 2 is 0.571 bits per heavy atom. The molecule has 0 heterocycles. The number of nitrogens with zero attached hydrogens (tertiary/aromatic N) is 1. The van der Waals surface area contributed by atoms with Crippen LogP contribution >= 0.6 is 0 Å². The maximum Gasteiger partial charge on any atom is 0.0784 e. The van der Waals surface area contributed by atoms with Gasteiger partial charge in [-0.25, -0.2) is 0 Å². The van der Waals surface area contributed by atoms with Gasteiger partial charge in [0.25, 0.3) is 0 Å². The first-order chi connectivity index (χ1) is 13.2. The molecule has 0 spiro atoms. The molecule has 0 N–H and O–H groups in total. The molecule has 0 fully saturated rings. The molecule has 28 heavy (non-hydrogen) atoms. The largest absolute Gasteiger partial charge is 1.00 e. The van der Waals surface area contributed by atoms with E-state index in [1.54, 1.807) is 0 Å². The van der Waals surface area contributed by atoms with Gasteiger partial charge in [0.2, 0.25) is 0 Å². The first-order valence-electron chi connectivity index (χ1n) is 13.0. The molecule has 0 aliphatic rings. The summed E-state index contributed by atoms with van der Waals surface area (Å²) in [7, 11) is 2.56. The predicted molar refractivity (Wildman–Crippen MR) is 126 cm³/mol. The van der Waals surface area contributed by atoms with Crippen LogP contribution in [0.2, 0.25) is 0 Å². The van der Waals surface area contributed by atoms with Gasteiger partial charge in [-0.2, -0.15) is 0 Å². The lowest BCUT2D eigenvalue weighted by molar-refractivity contribution is -0.910. The van der Waals surface area contributed by atoms with Crippen LogP contribution in [0.25, 0.3) is 0 Å². The molecule has 0 bridgehead atoms. The molecule has 0 aliphatic heterocycles. The highest BCUT2D eigenvalue weighted by atomic mass is 35.5. The van der Waals surface area contributed by atoms with Crippen LogP contribution in [-0.4, -0.2) is 31.2 Å². The Bertz CT molecular complexity index is 264. The van der Waals surface area contributed by atoms with E-state index >= 15 is 0 Å². The van der Waals surface area contributed by atoms with E-state index in [1.807, 2.05) is 0 Å². The molecular weight excluding hydrogens is 362 g/mol. The fourth-order valence-corrected chi connectivity index (χ4v) is 4.33. The van der Waals surface area contributed by atoms with Crippen molar-refractivity contribution in [2.24, 2.45) is 0 Å². The van der Waals surface area contributed by atoms with Gasteiger partial charge in [-0.1, -0.05) is 104 Å². The number of quaternary nitrogens is 1. The van der Waals surface area contributed by atoms with Crippen molar-refractivity contribution >= 4 is 0 Å². The Kier molecular flexibility index (Phi) is 25.6. The molecule has 2 heteroatoms. The molecule has 0 unspecified atom stereocenters. The molecule has 0 aromatic carbocycles. The van der Waals surface area contributed by atoms with E-state index in [9.17, 15) is 0 Å². The summed E-state index contributed by atoms with van der Waals surface area (Å²) in [5, 5.41) is 0. The SMILES string of the molecule is CCCCCCCCC[N+](C)(CCCCCCCC)CCCCCCCC.[Cl-]. The Hall–Kier alpha value is 0.250. The van der Waals surface area contributed by atoms with Gasteiger partial charge < -0.3 is 16.9 Å². The summed E-state index contributed by atoms with van der Waals surface area (Å²) in [5.41, 5.74) is 0. The van der Waals surface area contributed by atoms with Crippen molar-refractivity contribution in [2.45, 2.75) is 143 Å². The van der Waals surface area contributed by atoms with Gasteiger partial charge in [0, 0.05) is 0 Å². The van der Waals surface area contributed by atoms with E-state index in [1.165, 1.54) is 146 Å². The smallest absolute Gasteiger partial charge is 0.0784 e. The molecule has 172 valence electrons. The molecule has 0 aromatic heterocycles. The Morgan fingerprint density at radius 3 is 0.821 bits per heavy atom. The van der Waals surface area contributed by atoms with E-state index < -0.39 is 0 Å². The van der Waals surface area contributed by atoms with E-state index in [0.717, 1.165) is 0 Å². The van der Waals surface area contributed by atoms with Crippen LogP contribution in [0.3, 0.4) is 0 Å². The summed E-state index contributed by atoms with van der Waals surface area (Å²) in [6.45, 7) is 11.2. The van der Waals surface area contributed by atoms with Crippen LogP contribution in [0, 0.1) is 0 Å². The van der Waals surface area contributed by atoms with Crippen molar-refractivity contribution in [3.8, 4) is 0 Å². The Morgan fingerprint density at radius 1 is 0.357 bits per heavy atom. The summed E-state index contributed by atoms with van der Waals surface area (Å²) < 4.78 is 1.36. The van der Waals surface area contributed by atoms with Crippen molar-refractivity contribution in [3.05, 3.63) is 0 Å². The van der Waals surface area contributed by atoms with Crippen molar-refractivity contribution in [2.75, 3.05) is 26.7 Å². The lowest BCUT2D eigenvalue weighted by Gasteiger charge is -2.35. The van der Waals surface area contributed by atoms with Crippen LogP contribution in [0.4, 0.5) is 0 Å². The number of halogens is 1. The maximum atomic E-state index is 2.56. The molecule has 0 aromatic rings. The minimum atomic E-state index is 0. The van der Waals surface area contributed by atoms with Crippen molar-refractivity contribution in [1.29, 1.82) is 0 Å². The maximum absolute atomic E-state index is 2.56. The zero-order chi connectivity index (χ0) is 20.1. The minimum absolute atomic E-state index is 0. The third-order valence-corrected chi connectivity index (χ3v) is 6.40. The second-order valence-electron chi connectivity index (χ2n) is 9.45. The predicted octanol–water partition coefficient (Wildman–Crippen LogP) is 5.91. The van der Waals surface area contributed by atoms with Gasteiger partial charge in [0.1, 0.15) is 0 Å². The van der Waals surface area contributed by atoms with E-state index in [0.29, 0.717) is 0 Å². The van der Waals surface area contributed by atoms with Gasteiger partial charge >= 0.3 is 0 Å². The standard InChI is InChI=1S/C26H56N.ClH/c1-5-8-11-14-17-20-23-26-27(4,24-21-18-15-12-9-6-2)25-22-19-16-13-10-7-3;/h5-26H2,1-4H3;1H/q+1;/p-1. The lowest BCUT2D eigenvalue weighted by atomic mass is 10.1. The molecule has 0 saturated carbocycles. The van der Waals surface area contributed by atoms with Gasteiger partial charge in [0.05, 0.1) is 26.7 Å². The van der Waals surface area contributed by atoms with Crippen LogP contribution < -0.4 is 12.4 Å². The highest BCUT2D eigenvalue weighted by molar-refractivity contribution is 4.51. The molecule has 0 radical (unpaired) electrons. The Balaban J connectivity index is 0.